The fraction of sp³-hybridized carbons (Fsp3) is 0.500. The molecule has 1 aliphatic carbocycles. The first-order valence-corrected chi connectivity index (χ1v) is 7.11. The number of hydrogen-bond acceptors (Lipinski definition) is 3. The van der Waals surface area contributed by atoms with Crippen molar-refractivity contribution in [3.05, 3.63) is 34.4 Å². The summed E-state index contributed by atoms with van der Waals surface area (Å²) in [5.41, 5.74) is 8.22. The van der Waals surface area contributed by atoms with E-state index >= 15 is 0 Å². The van der Waals surface area contributed by atoms with Crippen LogP contribution >= 0.6 is 0 Å². The molecule has 0 aromatic heterocycles. The molecule has 0 radical (unpaired) electrons. The van der Waals surface area contributed by atoms with Crippen LogP contribution in [0.2, 0.25) is 0 Å². The first-order chi connectivity index (χ1) is 9.41. The normalized spacial score (nSPS) is 21.1. The minimum Gasteiger partial charge on any atom is -0.328 e. The Kier molecular flexibility index (Phi) is 2.77. The highest BCUT2D eigenvalue weighted by Gasteiger charge is 2.53. The Morgan fingerprint density at radius 3 is 1.95 bits per heavy atom. The van der Waals surface area contributed by atoms with Crippen molar-refractivity contribution in [2.24, 2.45) is 11.7 Å². The van der Waals surface area contributed by atoms with Crippen LogP contribution in [0.15, 0.2) is 12.1 Å². The van der Waals surface area contributed by atoms with Crippen molar-refractivity contribution >= 4 is 11.8 Å². The number of rotatable bonds is 3. The molecule has 3 rings (SSSR count). The molecule has 2 amide bonds. The molecule has 1 fully saturated rings. The topological polar surface area (TPSA) is 63.4 Å². The SMILES string of the molecule is Cc1ccc(C)c2c1C(=O)N(C(C)(CN)C1CC1)C2=O. The number of imide groups is 1. The van der Waals surface area contributed by atoms with Crippen molar-refractivity contribution in [3.8, 4) is 0 Å². The highest BCUT2D eigenvalue weighted by molar-refractivity contribution is 6.23. The highest BCUT2D eigenvalue weighted by atomic mass is 16.2. The second-order valence-electron chi connectivity index (χ2n) is 6.23. The van der Waals surface area contributed by atoms with Gasteiger partial charge in [-0.1, -0.05) is 12.1 Å². The first-order valence-electron chi connectivity index (χ1n) is 7.11. The number of fused-ring (bicyclic) bond motifs is 1. The summed E-state index contributed by atoms with van der Waals surface area (Å²) in [4.78, 5) is 27.0. The minimum absolute atomic E-state index is 0.175. The quantitative estimate of drug-likeness (QED) is 0.856. The Balaban J connectivity index is 2.14. The molecule has 0 bridgehead atoms. The lowest BCUT2D eigenvalue weighted by Crippen LogP contribution is -2.56. The third-order valence-corrected chi connectivity index (χ3v) is 4.84. The number of hydrogen-bond donors (Lipinski definition) is 1. The Labute approximate surface area is 118 Å². The fourth-order valence-corrected chi connectivity index (χ4v) is 3.29. The highest BCUT2D eigenvalue weighted by Crippen LogP contribution is 2.45. The van der Waals surface area contributed by atoms with Gasteiger partial charge in [0, 0.05) is 6.54 Å². The van der Waals surface area contributed by atoms with Gasteiger partial charge < -0.3 is 5.73 Å². The lowest BCUT2D eigenvalue weighted by molar-refractivity contribution is 0.0422. The van der Waals surface area contributed by atoms with Gasteiger partial charge in [-0.2, -0.15) is 0 Å². The molecule has 1 aliphatic heterocycles. The van der Waals surface area contributed by atoms with Crippen LogP contribution in [-0.2, 0) is 0 Å². The van der Waals surface area contributed by atoms with Crippen LogP contribution in [0.1, 0.15) is 51.6 Å². The van der Waals surface area contributed by atoms with E-state index in [1.807, 2.05) is 32.9 Å². The smallest absolute Gasteiger partial charge is 0.262 e. The van der Waals surface area contributed by atoms with Gasteiger partial charge in [0.25, 0.3) is 11.8 Å². The summed E-state index contributed by atoms with van der Waals surface area (Å²) >= 11 is 0. The zero-order chi connectivity index (χ0) is 14.7. The van der Waals surface area contributed by atoms with Crippen LogP contribution in [0.3, 0.4) is 0 Å². The Morgan fingerprint density at radius 2 is 1.60 bits per heavy atom. The molecule has 0 saturated heterocycles. The van der Waals surface area contributed by atoms with E-state index < -0.39 is 5.54 Å². The van der Waals surface area contributed by atoms with E-state index in [1.54, 1.807) is 0 Å². The van der Waals surface area contributed by atoms with E-state index in [-0.39, 0.29) is 11.8 Å². The molecule has 4 nitrogen and oxygen atoms in total. The van der Waals surface area contributed by atoms with E-state index in [2.05, 4.69) is 0 Å². The standard InChI is InChI=1S/C16H20N2O2/c1-9-4-5-10(2)13-12(9)14(19)18(15(13)20)16(3,8-17)11-6-7-11/h4-5,11H,6-8,17H2,1-3H3. The van der Waals surface area contributed by atoms with E-state index in [0.717, 1.165) is 24.0 Å². The minimum atomic E-state index is -0.550. The number of amides is 2. The van der Waals surface area contributed by atoms with Crippen LogP contribution in [0, 0.1) is 19.8 Å². The second-order valence-corrected chi connectivity index (χ2v) is 6.23. The molecule has 1 aromatic rings. The van der Waals surface area contributed by atoms with Gasteiger partial charge in [0.2, 0.25) is 0 Å². The molecular formula is C16H20N2O2. The molecular weight excluding hydrogens is 252 g/mol. The Bertz CT molecular complexity index is 578. The summed E-state index contributed by atoms with van der Waals surface area (Å²) in [6.07, 6.45) is 2.08. The maximum absolute atomic E-state index is 12.8. The van der Waals surface area contributed by atoms with Crippen molar-refractivity contribution in [3.63, 3.8) is 0 Å². The average Bonchev–Trinajstić information content (AvgIpc) is 3.21. The number of nitrogens with zero attached hydrogens (tertiary/aromatic N) is 1. The predicted octanol–water partition coefficient (Wildman–Crippen LogP) is 2.03. The molecule has 1 heterocycles. The van der Waals surface area contributed by atoms with Crippen molar-refractivity contribution in [1.82, 2.24) is 4.90 Å². The summed E-state index contributed by atoms with van der Waals surface area (Å²) in [6.45, 7) is 6.02. The van der Waals surface area contributed by atoms with Crippen LogP contribution in [-0.4, -0.2) is 28.8 Å². The number of aryl methyl sites for hydroxylation is 2. The molecule has 20 heavy (non-hydrogen) atoms. The van der Waals surface area contributed by atoms with E-state index in [1.165, 1.54) is 4.90 Å². The third-order valence-electron chi connectivity index (χ3n) is 4.84. The van der Waals surface area contributed by atoms with Crippen molar-refractivity contribution in [2.75, 3.05) is 6.54 Å². The zero-order valence-corrected chi connectivity index (χ0v) is 12.2. The monoisotopic (exact) mass is 272 g/mol. The molecule has 1 unspecified atom stereocenters. The molecule has 1 saturated carbocycles. The van der Waals surface area contributed by atoms with Crippen molar-refractivity contribution in [2.45, 2.75) is 39.2 Å². The molecule has 2 N–H and O–H groups in total. The van der Waals surface area contributed by atoms with Crippen molar-refractivity contribution < 1.29 is 9.59 Å². The van der Waals surface area contributed by atoms with Crippen LogP contribution in [0.4, 0.5) is 0 Å². The first kappa shape index (κ1) is 13.3. The van der Waals surface area contributed by atoms with Gasteiger partial charge in [-0.05, 0) is 50.7 Å². The Morgan fingerprint density at radius 1 is 1.15 bits per heavy atom. The molecule has 2 aliphatic rings. The van der Waals surface area contributed by atoms with Crippen LogP contribution in [0.25, 0.3) is 0 Å². The van der Waals surface area contributed by atoms with Crippen LogP contribution < -0.4 is 5.73 Å². The second kappa shape index (κ2) is 4.16. The fourth-order valence-electron chi connectivity index (χ4n) is 3.29. The van der Waals surface area contributed by atoms with Gasteiger partial charge in [0.05, 0.1) is 16.7 Å². The molecule has 1 atom stereocenters. The van der Waals surface area contributed by atoms with E-state index in [4.69, 9.17) is 5.73 Å². The van der Waals surface area contributed by atoms with Crippen LogP contribution in [0.5, 0.6) is 0 Å². The lowest BCUT2D eigenvalue weighted by atomic mass is 9.93. The van der Waals surface area contributed by atoms with Gasteiger partial charge in [-0.15, -0.1) is 0 Å². The molecule has 106 valence electrons. The number of nitrogens with two attached hydrogens (primary N) is 1. The number of carbonyl (C=O) groups excluding carboxylic acids is 2. The molecule has 0 spiro atoms. The summed E-state index contributed by atoms with van der Waals surface area (Å²) in [5.74, 6) is -0.00701. The lowest BCUT2D eigenvalue weighted by Gasteiger charge is -2.36. The third kappa shape index (κ3) is 1.57. The van der Waals surface area contributed by atoms with E-state index in [9.17, 15) is 9.59 Å². The van der Waals surface area contributed by atoms with E-state index in [0.29, 0.717) is 23.6 Å². The number of benzene rings is 1. The zero-order valence-electron chi connectivity index (χ0n) is 12.2. The van der Waals surface area contributed by atoms with Gasteiger partial charge in [-0.25, -0.2) is 0 Å². The summed E-state index contributed by atoms with van der Waals surface area (Å²) in [5, 5.41) is 0. The summed E-state index contributed by atoms with van der Waals surface area (Å²) < 4.78 is 0. The molecule has 1 aromatic carbocycles. The van der Waals surface area contributed by atoms with Gasteiger partial charge in [-0.3, -0.25) is 14.5 Å². The molecule has 4 heteroatoms. The Hall–Kier alpha value is -1.68. The van der Waals surface area contributed by atoms with Gasteiger partial charge in [0.1, 0.15) is 0 Å². The van der Waals surface area contributed by atoms with Gasteiger partial charge in [0.15, 0.2) is 0 Å². The largest absolute Gasteiger partial charge is 0.328 e. The predicted molar refractivity (Wildman–Crippen MR) is 76.6 cm³/mol. The van der Waals surface area contributed by atoms with Gasteiger partial charge >= 0.3 is 0 Å². The summed E-state index contributed by atoms with van der Waals surface area (Å²) in [6, 6.07) is 3.81. The maximum atomic E-state index is 12.8. The van der Waals surface area contributed by atoms with Crippen molar-refractivity contribution in [1.29, 1.82) is 0 Å². The maximum Gasteiger partial charge on any atom is 0.262 e. The number of carbonyl (C=O) groups is 2. The average molecular weight is 272 g/mol. The summed E-state index contributed by atoms with van der Waals surface area (Å²) in [7, 11) is 0.